The molecule has 0 aliphatic rings. The number of halogens is 2. The Kier molecular flexibility index (Phi) is 3.02. The van der Waals surface area contributed by atoms with Gasteiger partial charge < -0.3 is 10.1 Å². The smallest absolute Gasteiger partial charge is 0.218 e. The summed E-state index contributed by atoms with van der Waals surface area (Å²) in [6.45, 7) is 0. The number of benzene rings is 2. The van der Waals surface area contributed by atoms with Crippen molar-refractivity contribution in [3.63, 3.8) is 0 Å². The fourth-order valence-electron chi connectivity index (χ4n) is 2.27. The van der Waals surface area contributed by atoms with Crippen molar-refractivity contribution in [1.29, 1.82) is 5.53 Å². The van der Waals surface area contributed by atoms with E-state index in [1.54, 1.807) is 24.3 Å². The summed E-state index contributed by atoms with van der Waals surface area (Å²) in [6.07, 6.45) is 0. The second-order valence-electron chi connectivity index (χ2n) is 4.29. The third kappa shape index (κ3) is 1.89. The lowest BCUT2D eigenvalue weighted by Crippen LogP contribution is -1.83. The Morgan fingerprint density at radius 1 is 1.25 bits per heavy atom. The van der Waals surface area contributed by atoms with Crippen molar-refractivity contribution >= 4 is 32.5 Å². The largest absolute Gasteiger partial charge is 0.493 e. The monoisotopic (exact) mass is 333 g/mol. The molecule has 0 amide bonds. The number of aromatic nitrogens is 1. The molecule has 3 aromatic rings. The number of H-pyrrole nitrogens is 1. The first kappa shape index (κ1) is 12.8. The number of hydrogen-bond donors (Lipinski definition) is 3. The second kappa shape index (κ2) is 4.72. The lowest BCUT2D eigenvalue weighted by molar-refractivity contribution is 0.459. The van der Waals surface area contributed by atoms with Gasteiger partial charge in [0.1, 0.15) is 5.82 Å². The topological polar surface area (TPSA) is 72.2 Å². The molecule has 3 rings (SSSR count). The molecule has 1 heterocycles. The molecular weight excluding hydrogens is 325 g/mol. The lowest BCUT2D eigenvalue weighted by atomic mass is 10.0. The maximum absolute atomic E-state index is 13.4. The first-order valence-electron chi connectivity index (χ1n) is 5.78. The maximum atomic E-state index is 13.4. The molecule has 0 saturated carbocycles. The van der Waals surface area contributed by atoms with Gasteiger partial charge in [0.2, 0.25) is 5.88 Å². The first-order chi connectivity index (χ1) is 9.61. The van der Waals surface area contributed by atoms with Crippen molar-refractivity contribution in [3.8, 4) is 17.0 Å². The normalized spacial score (nSPS) is 10.9. The molecule has 100 valence electrons. The maximum Gasteiger partial charge on any atom is 0.218 e. The molecular formula is C14H9BrFN3O. The second-order valence-corrected chi connectivity index (χ2v) is 5.14. The van der Waals surface area contributed by atoms with Crippen molar-refractivity contribution in [2.45, 2.75) is 0 Å². The molecule has 0 aliphatic carbocycles. The van der Waals surface area contributed by atoms with Crippen LogP contribution in [0.5, 0.6) is 5.88 Å². The van der Waals surface area contributed by atoms with Gasteiger partial charge in [-0.1, -0.05) is 28.1 Å². The number of nitrogens with one attached hydrogen (secondary N) is 2. The number of aromatic hydroxyl groups is 1. The minimum Gasteiger partial charge on any atom is -0.493 e. The van der Waals surface area contributed by atoms with E-state index in [0.29, 0.717) is 22.0 Å². The summed E-state index contributed by atoms with van der Waals surface area (Å²) < 4.78 is 14.2. The number of rotatable bonds is 2. The Hall–Kier alpha value is -2.21. The highest BCUT2D eigenvalue weighted by molar-refractivity contribution is 9.10. The van der Waals surface area contributed by atoms with Crippen molar-refractivity contribution < 1.29 is 9.50 Å². The van der Waals surface area contributed by atoms with Crippen molar-refractivity contribution in [3.05, 3.63) is 46.7 Å². The minimum absolute atomic E-state index is 0.139. The van der Waals surface area contributed by atoms with Crippen LogP contribution in [0.25, 0.3) is 22.0 Å². The van der Waals surface area contributed by atoms with Crippen LogP contribution < -0.4 is 0 Å². The standard InChI is InChI=1S/C14H9BrFN3O/c15-9-4-5-10-12(13(19-17)14(20)18-10)11(9)7-2-1-3-8(16)6-7/h1-6,17-18,20H. The van der Waals surface area contributed by atoms with E-state index in [-0.39, 0.29) is 17.4 Å². The zero-order valence-electron chi connectivity index (χ0n) is 10.1. The Morgan fingerprint density at radius 3 is 2.75 bits per heavy atom. The molecule has 6 heteroatoms. The molecule has 4 nitrogen and oxygen atoms in total. The zero-order chi connectivity index (χ0) is 14.3. The van der Waals surface area contributed by atoms with Crippen molar-refractivity contribution in [2.75, 3.05) is 0 Å². The average Bonchev–Trinajstić information content (AvgIpc) is 2.74. The molecule has 20 heavy (non-hydrogen) atoms. The van der Waals surface area contributed by atoms with E-state index < -0.39 is 0 Å². The fourth-order valence-corrected chi connectivity index (χ4v) is 2.83. The van der Waals surface area contributed by atoms with Crippen LogP contribution in [0, 0.1) is 11.3 Å². The van der Waals surface area contributed by atoms with E-state index in [1.165, 1.54) is 12.1 Å². The third-order valence-electron chi connectivity index (χ3n) is 3.09. The van der Waals surface area contributed by atoms with E-state index in [1.807, 2.05) is 0 Å². The quantitative estimate of drug-likeness (QED) is 0.560. The van der Waals surface area contributed by atoms with Crippen LogP contribution in [-0.2, 0) is 0 Å². The number of fused-ring (bicyclic) bond motifs is 1. The minimum atomic E-state index is -0.351. The Labute approximate surface area is 121 Å². The summed E-state index contributed by atoms with van der Waals surface area (Å²) in [4.78, 5) is 2.76. The molecule has 0 spiro atoms. The first-order valence-corrected chi connectivity index (χ1v) is 6.57. The SMILES string of the molecule is N=Nc1c(O)[nH]c2ccc(Br)c(-c3cccc(F)c3)c12. The number of aromatic amines is 1. The highest BCUT2D eigenvalue weighted by Gasteiger charge is 2.17. The van der Waals surface area contributed by atoms with Crippen LogP contribution >= 0.6 is 15.9 Å². The van der Waals surface area contributed by atoms with Crippen LogP contribution in [0.4, 0.5) is 10.1 Å². The van der Waals surface area contributed by atoms with Gasteiger partial charge in [-0.25, -0.2) is 9.92 Å². The highest BCUT2D eigenvalue weighted by Crippen LogP contribution is 2.44. The van der Waals surface area contributed by atoms with Gasteiger partial charge in [-0.2, -0.15) is 5.11 Å². The zero-order valence-corrected chi connectivity index (χ0v) is 11.7. The van der Waals surface area contributed by atoms with E-state index in [9.17, 15) is 9.50 Å². The summed E-state index contributed by atoms with van der Waals surface area (Å²) in [5, 5.41) is 13.7. The van der Waals surface area contributed by atoms with Crippen molar-refractivity contribution in [1.82, 2.24) is 4.98 Å². The molecule has 0 saturated heterocycles. The van der Waals surface area contributed by atoms with Gasteiger partial charge in [0.05, 0.1) is 5.52 Å². The summed E-state index contributed by atoms with van der Waals surface area (Å²) in [5.41, 5.74) is 9.31. The van der Waals surface area contributed by atoms with E-state index in [2.05, 4.69) is 26.0 Å². The molecule has 1 aromatic heterocycles. The Morgan fingerprint density at radius 2 is 2.05 bits per heavy atom. The van der Waals surface area contributed by atoms with Gasteiger partial charge >= 0.3 is 0 Å². The molecule has 0 unspecified atom stereocenters. The lowest BCUT2D eigenvalue weighted by Gasteiger charge is -2.07. The number of hydrogen-bond acceptors (Lipinski definition) is 3. The van der Waals surface area contributed by atoms with E-state index in [4.69, 9.17) is 5.53 Å². The predicted octanol–water partition coefficient (Wildman–Crippen LogP) is 5.10. The van der Waals surface area contributed by atoms with Crippen LogP contribution in [-0.4, -0.2) is 10.1 Å². The average molecular weight is 334 g/mol. The predicted molar refractivity (Wildman–Crippen MR) is 77.9 cm³/mol. The highest BCUT2D eigenvalue weighted by atomic mass is 79.9. The molecule has 0 aliphatic heterocycles. The number of nitrogens with zero attached hydrogens (tertiary/aromatic N) is 1. The molecule has 0 fully saturated rings. The fraction of sp³-hybridized carbons (Fsp3) is 0. The Balaban J connectivity index is 2.45. The third-order valence-corrected chi connectivity index (χ3v) is 3.75. The summed E-state index contributed by atoms with van der Waals surface area (Å²) in [7, 11) is 0. The van der Waals surface area contributed by atoms with E-state index in [0.717, 1.165) is 4.47 Å². The van der Waals surface area contributed by atoms with Crippen LogP contribution in [0.1, 0.15) is 0 Å². The summed E-state index contributed by atoms with van der Waals surface area (Å²) in [6, 6.07) is 9.70. The summed E-state index contributed by atoms with van der Waals surface area (Å²) in [5.74, 6) is -0.527. The summed E-state index contributed by atoms with van der Waals surface area (Å²) >= 11 is 3.43. The molecule has 3 N–H and O–H groups in total. The Bertz CT molecular complexity index is 829. The molecule has 0 bridgehead atoms. The molecule has 0 radical (unpaired) electrons. The molecule has 2 aromatic carbocycles. The van der Waals surface area contributed by atoms with Gasteiger partial charge in [0.15, 0.2) is 5.69 Å². The van der Waals surface area contributed by atoms with Gasteiger partial charge in [-0.05, 0) is 29.8 Å². The van der Waals surface area contributed by atoms with Gasteiger partial charge in [-0.3, -0.25) is 0 Å². The van der Waals surface area contributed by atoms with Gasteiger partial charge in [0.25, 0.3) is 0 Å². The van der Waals surface area contributed by atoms with Crippen LogP contribution in [0.15, 0.2) is 46.0 Å². The van der Waals surface area contributed by atoms with Crippen molar-refractivity contribution in [2.24, 2.45) is 5.11 Å². The van der Waals surface area contributed by atoms with E-state index >= 15 is 0 Å². The van der Waals surface area contributed by atoms with Gasteiger partial charge in [0, 0.05) is 15.4 Å². The van der Waals surface area contributed by atoms with Crippen LogP contribution in [0.2, 0.25) is 0 Å². The van der Waals surface area contributed by atoms with Gasteiger partial charge in [-0.15, -0.1) is 0 Å². The molecule has 0 atom stereocenters. The van der Waals surface area contributed by atoms with Crippen LogP contribution in [0.3, 0.4) is 0 Å².